The molecule has 0 radical (unpaired) electrons. The number of sulfonamides is 1. The Morgan fingerprint density at radius 3 is 2.29 bits per heavy atom. The van der Waals surface area contributed by atoms with Gasteiger partial charge < -0.3 is 10.6 Å². The number of benzene rings is 1. The van der Waals surface area contributed by atoms with Crippen molar-refractivity contribution in [3.63, 3.8) is 0 Å². The lowest BCUT2D eigenvalue weighted by molar-refractivity contribution is 0.196. The monoisotopic (exact) mass is 351 g/mol. The Balaban J connectivity index is 2.32. The van der Waals surface area contributed by atoms with Crippen LogP contribution in [0, 0.1) is 0 Å². The molecule has 0 aliphatic carbocycles. The lowest BCUT2D eigenvalue weighted by Gasteiger charge is -2.33. The first kappa shape index (κ1) is 17.0. The zero-order valence-corrected chi connectivity index (χ0v) is 14.2. The summed E-state index contributed by atoms with van der Waals surface area (Å²) in [5.41, 5.74) is 6.16. The van der Waals surface area contributed by atoms with Gasteiger partial charge in [-0.25, -0.2) is 8.42 Å². The van der Waals surface area contributed by atoms with Crippen molar-refractivity contribution in [3.8, 4) is 0 Å². The van der Waals surface area contributed by atoms with Gasteiger partial charge in [-0.05, 0) is 24.2 Å². The molecule has 1 fully saturated rings. The van der Waals surface area contributed by atoms with Crippen molar-refractivity contribution in [2.45, 2.75) is 18.4 Å². The summed E-state index contributed by atoms with van der Waals surface area (Å²) in [5, 5.41) is 0.521. The first-order valence-electron chi connectivity index (χ1n) is 6.80. The fourth-order valence-electron chi connectivity index (χ4n) is 2.35. The third-order valence-electron chi connectivity index (χ3n) is 3.72. The van der Waals surface area contributed by atoms with Crippen LogP contribution in [0.2, 0.25) is 10.0 Å². The summed E-state index contributed by atoms with van der Waals surface area (Å²) in [6.07, 6.45) is 0. The molecule has 2 rings (SSSR count). The number of rotatable bonds is 4. The molecule has 21 heavy (non-hydrogen) atoms. The standard InChI is InChI=1S/C13H19Cl2N3O2S/c1-2-17-3-5-18(6-4-17)21(19,20)13-7-10(9-16)11(14)8-12(13)15/h7-8H,2-6,9,16H2,1H3. The van der Waals surface area contributed by atoms with E-state index in [9.17, 15) is 8.42 Å². The number of nitrogens with two attached hydrogens (primary N) is 1. The molecule has 0 amide bonds. The topological polar surface area (TPSA) is 66.6 Å². The molecule has 1 saturated heterocycles. The lowest BCUT2D eigenvalue weighted by atomic mass is 10.2. The van der Waals surface area contributed by atoms with E-state index in [1.54, 1.807) is 0 Å². The Hall–Kier alpha value is -0.370. The molecular weight excluding hydrogens is 333 g/mol. The molecule has 0 aromatic heterocycles. The smallest absolute Gasteiger partial charge is 0.244 e. The van der Waals surface area contributed by atoms with Gasteiger partial charge in [0.1, 0.15) is 4.90 Å². The lowest BCUT2D eigenvalue weighted by Crippen LogP contribution is -2.48. The Morgan fingerprint density at radius 1 is 1.14 bits per heavy atom. The van der Waals surface area contributed by atoms with Gasteiger partial charge in [0.2, 0.25) is 10.0 Å². The van der Waals surface area contributed by atoms with Gasteiger partial charge in [-0.1, -0.05) is 30.1 Å². The van der Waals surface area contributed by atoms with Crippen molar-refractivity contribution in [1.82, 2.24) is 9.21 Å². The van der Waals surface area contributed by atoms with Crippen LogP contribution in [-0.2, 0) is 16.6 Å². The number of piperazine rings is 1. The molecule has 0 saturated carbocycles. The molecule has 0 unspecified atom stereocenters. The van der Waals surface area contributed by atoms with E-state index in [2.05, 4.69) is 11.8 Å². The van der Waals surface area contributed by atoms with Crippen molar-refractivity contribution in [2.75, 3.05) is 32.7 Å². The van der Waals surface area contributed by atoms with Crippen LogP contribution in [0.5, 0.6) is 0 Å². The quantitative estimate of drug-likeness (QED) is 0.897. The van der Waals surface area contributed by atoms with Crippen LogP contribution in [0.3, 0.4) is 0 Å². The predicted octanol–water partition coefficient (Wildman–Crippen LogP) is 1.78. The van der Waals surface area contributed by atoms with E-state index in [0.29, 0.717) is 23.7 Å². The Bertz CT molecular complexity index is 614. The minimum atomic E-state index is -3.61. The van der Waals surface area contributed by atoms with Crippen LogP contribution >= 0.6 is 23.2 Å². The highest BCUT2D eigenvalue weighted by atomic mass is 35.5. The van der Waals surface area contributed by atoms with E-state index in [1.165, 1.54) is 16.4 Å². The fraction of sp³-hybridized carbons (Fsp3) is 0.538. The summed E-state index contributed by atoms with van der Waals surface area (Å²) in [5.74, 6) is 0. The summed E-state index contributed by atoms with van der Waals surface area (Å²) >= 11 is 12.1. The molecule has 1 aliphatic heterocycles. The molecule has 1 aromatic carbocycles. The Kier molecular flexibility index (Phi) is 5.51. The highest BCUT2D eigenvalue weighted by molar-refractivity contribution is 7.89. The number of halogens is 2. The Labute approximate surface area is 135 Å². The van der Waals surface area contributed by atoms with Crippen LogP contribution in [0.25, 0.3) is 0 Å². The van der Waals surface area contributed by atoms with Gasteiger partial charge >= 0.3 is 0 Å². The predicted molar refractivity (Wildman–Crippen MR) is 85.2 cm³/mol. The molecule has 1 aromatic rings. The Morgan fingerprint density at radius 2 is 1.76 bits per heavy atom. The molecule has 0 spiro atoms. The average molecular weight is 352 g/mol. The molecule has 1 aliphatic rings. The van der Waals surface area contributed by atoms with Crippen LogP contribution in [-0.4, -0.2) is 50.3 Å². The summed E-state index contributed by atoms with van der Waals surface area (Å²) in [6.45, 7) is 5.54. The van der Waals surface area contributed by atoms with Crippen molar-refractivity contribution in [2.24, 2.45) is 5.73 Å². The minimum Gasteiger partial charge on any atom is -0.326 e. The third-order valence-corrected chi connectivity index (χ3v) is 6.43. The maximum atomic E-state index is 12.7. The maximum absolute atomic E-state index is 12.7. The molecule has 118 valence electrons. The normalized spacial score (nSPS) is 18.1. The van der Waals surface area contributed by atoms with Crippen LogP contribution in [0.4, 0.5) is 0 Å². The minimum absolute atomic E-state index is 0.0824. The van der Waals surface area contributed by atoms with Crippen LogP contribution in [0.15, 0.2) is 17.0 Å². The zero-order valence-electron chi connectivity index (χ0n) is 11.8. The van der Waals surface area contributed by atoms with Gasteiger partial charge in [-0.2, -0.15) is 4.31 Å². The second kappa shape index (κ2) is 6.81. The average Bonchev–Trinajstić information content (AvgIpc) is 2.47. The molecule has 1 heterocycles. The van der Waals surface area contributed by atoms with Crippen molar-refractivity contribution < 1.29 is 8.42 Å². The highest BCUT2D eigenvalue weighted by Gasteiger charge is 2.30. The largest absolute Gasteiger partial charge is 0.326 e. The zero-order chi connectivity index (χ0) is 15.6. The second-order valence-electron chi connectivity index (χ2n) is 4.92. The molecule has 2 N–H and O–H groups in total. The van der Waals surface area contributed by atoms with Gasteiger partial charge in [0.25, 0.3) is 0 Å². The summed E-state index contributed by atoms with van der Waals surface area (Å²) in [6, 6.07) is 2.92. The van der Waals surface area contributed by atoms with Crippen molar-refractivity contribution in [1.29, 1.82) is 0 Å². The summed E-state index contributed by atoms with van der Waals surface area (Å²) < 4.78 is 26.9. The van der Waals surface area contributed by atoms with Gasteiger partial charge in [-0.3, -0.25) is 0 Å². The van der Waals surface area contributed by atoms with Crippen molar-refractivity contribution in [3.05, 3.63) is 27.7 Å². The number of hydrogen-bond donors (Lipinski definition) is 1. The molecule has 0 bridgehead atoms. The third kappa shape index (κ3) is 3.52. The van der Waals surface area contributed by atoms with E-state index in [0.717, 1.165) is 19.6 Å². The van der Waals surface area contributed by atoms with E-state index >= 15 is 0 Å². The molecule has 5 nitrogen and oxygen atoms in total. The van der Waals surface area contributed by atoms with Gasteiger partial charge in [0.05, 0.1) is 5.02 Å². The maximum Gasteiger partial charge on any atom is 0.244 e. The number of nitrogens with zero attached hydrogens (tertiary/aromatic N) is 2. The first-order valence-corrected chi connectivity index (χ1v) is 9.00. The van der Waals surface area contributed by atoms with E-state index in [4.69, 9.17) is 28.9 Å². The molecule has 0 atom stereocenters. The van der Waals surface area contributed by atoms with Crippen molar-refractivity contribution >= 4 is 33.2 Å². The molecule has 8 heteroatoms. The van der Waals surface area contributed by atoms with Gasteiger partial charge in [0.15, 0.2) is 0 Å². The highest BCUT2D eigenvalue weighted by Crippen LogP contribution is 2.30. The van der Waals surface area contributed by atoms with E-state index in [1.807, 2.05) is 0 Å². The van der Waals surface area contributed by atoms with Crippen LogP contribution in [0.1, 0.15) is 12.5 Å². The number of hydrogen-bond acceptors (Lipinski definition) is 4. The fourth-order valence-corrected chi connectivity index (χ4v) is 4.62. The van der Waals surface area contributed by atoms with Gasteiger partial charge in [0, 0.05) is 37.7 Å². The van der Waals surface area contributed by atoms with E-state index in [-0.39, 0.29) is 16.5 Å². The second-order valence-corrected chi connectivity index (χ2v) is 7.64. The summed E-state index contributed by atoms with van der Waals surface area (Å²) in [7, 11) is -3.61. The summed E-state index contributed by atoms with van der Waals surface area (Å²) in [4.78, 5) is 2.29. The first-order chi connectivity index (χ1) is 9.90. The number of likely N-dealkylation sites (N-methyl/N-ethyl adjacent to an activating group) is 1. The van der Waals surface area contributed by atoms with Gasteiger partial charge in [-0.15, -0.1) is 0 Å². The molecular formula is C13H19Cl2N3O2S. The van der Waals surface area contributed by atoms with E-state index < -0.39 is 10.0 Å². The SMILES string of the molecule is CCN1CCN(S(=O)(=O)c2cc(CN)c(Cl)cc2Cl)CC1. The van der Waals surface area contributed by atoms with Crippen LogP contribution < -0.4 is 5.73 Å².